The van der Waals surface area contributed by atoms with Crippen LogP contribution in [0.1, 0.15) is 44.3 Å². The number of ether oxygens (including phenoxy) is 1. The number of anilines is 1. The first-order chi connectivity index (χ1) is 16.9. The van der Waals surface area contributed by atoms with E-state index in [2.05, 4.69) is 68.3 Å². The van der Waals surface area contributed by atoms with Gasteiger partial charge in [0, 0.05) is 35.0 Å². The second-order valence-electron chi connectivity index (χ2n) is 9.41. The van der Waals surface area contributed by atoms with Crippen molar-refractivity contribution in [1.29, 1.82) is 0 Å². The summed E-state index contributed by atoms with van der Waals surface area (Å²) in [6, 6.07) is 16.5. The lowest BCUT2D eigenvalue weighted by molar-refractivity contribution is 0.0588. The molecule has 2 aliphatic heterocycles. The van der Waals surface area contributed by atoms with Crippen molar-refractivity contribution in [3.63, 3.8) is 0 Å². The second-order valence-corrected chi connectivity index (χ2v) is 11.3. The molecule has 0 fully saturated rings. The molecule has 4 heterocycles. The number of nitrogens with zero attached hydrogens (tertiary/aromatic N) is 1. The first kappa shape index (κ1) is 22.0. The molecule has 0 saturated carbocycles. The Kier molecular flexibility index (Phi) is 4.88. The molecule has 0 amide bonds. The summed E-state index contributed by atoms with van der Waals surface area (Å²) in [4.78, 5) is 27.1. The molecule has 0 aliphatic carbocycles. The fourth-order valence-electron chi connectivity index (χ4n) is 5.52. The number of rotatable bonds is 4. The number of para-hydroxylation sites is 1. The van der Waals surface area contributed by atoms with Crippen LogP contribution in [0.25, 0.3) is 28.3 Å². The highest BCUT2D eigenvalue weighted by atomic mass is 32.1. The van der Waals surface area contributed by atoms with Gasteiger partial charge in [0.25, 0.3) is 0 Å². The highest BCUT2D eigenvalue weighted by molar-refractivity contribution is 7.12. The molecule has 4 aromatic rings. The third kappa shape index (κ3) is 2.96. The van der Waals surface area contributed by atoms with E-state index in [1.807, 2.05) is 29.0 Å². The number of fused-ring (bicyclic) bond motifs is 2. The maximum absolute atomic E-state index is 11.9. The number of carbonyl (C=O) groups excluding carboxylic acids is 2. The molecule has 2 aliphatic rings. The van der Waals surface area contributed by atoms with Crippen LogP contribution < -0.4 is 9.64 Å². The first-order valence-corrected chi connectivity index (χ1v) is 13.1. The number of likely N-dealkylation sites (N-methyl/N-ethyl adjacent to an activating group) is 1. The smallest absolute Gasteiger partial charge is 0.211 e. The van der Waals surface area contributed by atoms with E-state index in [1.54, 1.807) is 0 Å². The summed E-state index contributed by atoms with van der Waals surface area (Å²) < 4.78 is 7.03. The lowest BCUT2D eigenvalue weighted by Gasteiger charge is -2.46. The van der Waals surface area contributed by atoms with Crippen LogP contribution in [0.4, 0.5) is 5.69 Å². The first-order valence-electron chi connectivity index (χ1n) is 11.4. The average molecular weight is 498 g/mol. The molecule has 174 valence electrons. The highest BCUT2D eigenvalue weighted by Crippen LogP contribution is 2.56. The molecule has 1 atom stereocenters. The van der Waals surface area contributed by atoms with Crippen molar-refractivity contribution in [3.8, 4) is 28.0 Å². The van der Waals surface area contributed by atoms with E-state index >= 15 is 0 Å². The quantitative estimate of drug-likeness (QED) is 0.278. The normalized spacial score (nSPS) is 19.3. The summed E-state index contributed by atoms with van der Waals surface area (Å²) in [5.41, 5.74) is 5.74. The summed E-state index contributed by atoms with van der Waals surface area (Å²) >= 11 is 2.84. The third-order valence-electron chi connectivity index (χ3n) is 7.40. The molecule has 0 radical (unpaired) electrons. The maximum atomic E-state index is 11.9. The molecule has 2 aromatic heterocycles. The Morgan fingerprint density at radius 1 is 0.886 bits per heavy atom. The molecule has 6 rings (SSSR count). The zero-order valence-electron chi connectivity index (χ0n) is 19.6. The minimum absolute atomic E-state index is 0.331. The summed E-state index contributed by atoms with van der Waals surface area (Å²) in [6.07, 6.45) is 6.06. The SMILES string of the molecule is CN1c2ccccc2C(C)(C)C12C=Cc1cc(-c3ccsc3C=O)cc(-c3ccsc3C=O)c1O2. The molecule has 4 nitrogen and oxygen atoms in total. The van der Waals surface area contributed by atoms with Crippen molar-refractivity contribution in [1.82, 2.24) is 0 Å². The van der Waals surface area contributed by atoms with Gasteiger partial charge in [-0.05, 0) is 78.2 Å². The fourth-order valence-corrected chi connectivity index (χ4v) is 6.95. The van der Waals surface area contributed by atoms with E-state index in [1.165, 1.54) is 28.2 Å². The minimum Gasteiger partial charge on any atom is -0.462 e. The van der Waals surface area contributed by atoms with E-state index in [9.17, 15) is 9.59 Å². The van der Waals surface area contributed by atoms with Gasteiger partial charge < -0.3 is 9.64 Å². The Morgan fingerprint density at radius 3 is 2.29 bits per heavy atom. The molecule has 0 saturated heterocycles. The monoisotopic (exact) mass is 497 g/mol. The predicted molar refractivity (Wildman–Crippen MR) is 144 cm³/mol. The molecule has 0 bridgehead atoms. The fraction of sp³-hybridized carbons (Fsp3) is 0.172. The second kappa shape index (κ2) is 7.77. The van der Waals surface area contributed by atoms with Crippen LogP contribution in [0.3, 0.4) is 0 Å². The number of carbonyl (C=O) groups is 2. The van der Waals surface area contributed by atoms with Crippen LogP contribution in [0.2, 0.25) is 0 Å². The topological polar surface area (TPSA) is 46.6 Å². The molecule has 0 N–H and O–H groups in total. The molecule has 2 aromatic carbocycles. The summed E-state index contributed by atoms with van der Waals surface area (Å²) in [5, 5.41) is 3.85. The Balaban J connectivity index is 1.59. The lowest BCUT2D eigenvalue weighted by Crippen LogP contribution is -2.58. The van der Waals surface area contributed by atoms with Crippen molar-refractivity contribution in [2.24, 2.45) is 0 Å². The van der Waals surface area contributed by atoms with Gasteiger partial charge in [0.05, 0.1) is 15.2 Å². The number of hydrogen-bond acceptors (Lipinski definition) is 6. The van der Waals surface area contributed by atoms with Crippen LogP contribution in [-0.4, -0.2) is 25.3 Å². The Hall–Kier alpha value is -3.48. The van der Waals surface area contributed by atoms with Crippen LogP contribution in [0.15, 0.2) is 65.4 Å². The van der Waals surface area contributed by atoms with Gasteiger partial charge in [0.2, 0.25) is 5.72 Å². The Bertz CT molecular complexity index is 1530. The zero-order valence-corrected chi connectivity index (χ0v) is 21.2. The molecular formula is C29H23NO3S2. The Labute approximate surface area is 212 Å². The predicted octanol–water partition coefficient (Wildman–Crippen LogP) is 7.30. The van der Waals surface area contributed by atoms with Crippen molar-refractivity contribution in [3.05, 3.63) is 86.2 Å². The lowest BCUT2D eigenvalue weighted by atomic mass is 9.76. The summed E-state index contributed by atoms with van der Waals surface area (Å²) in [6.45, 7) is 4.42. The van der Waals surface area contributed by atoms with E-state index in [0.717, 1.165) is 51.8 Å². The average Bonchev–Trinajstić information content (AvgIpc) is 3.59. The van der Waals surface area contributed by atoms with Crippen molar-refractivity contribution in [2.45, 2.75) is 25.0 Å². The maximum Gasteiger partial charge on any atom is 0.211 e. The highest BCUT2D eigenvalue weighted by Gasteiger charge is 2.57. The van der Waals surface area contributed by atoms with E-state index in [0.29, 0.717) is 9.75 Å². The van der Waals surface area contributed by atoms with E-state index < -0.39 is 5.72 Å². The van der Waals surface area contributed by atoms with Gasteiger partial charge in [-0.3, -0.25) is 9.59 Å². The van der Waals surface area contributed by atoms with Gasteiger partial charge in [-0.25, -0.2) is 0 Å². The van der Waals surface area contributed by atoms with E-state index in [-0.39, 0.29) is 5.41 Å². The van der Waals surface area contributed by atoms with Gasteiger partial charge in [-0.15, -0.1) is 22.7 Å². The van der Waals surface area contributed by atoms with Crippen LogP contribution in [0, 0.1) is 0 Å². The number of hydrogen-bond donors (Lipinski definition) is 0. The van der Waals surface area contributed by atoms with Gasteiger partial charge in [0.1, 0.15) is 5.75 Å². The van der Waals surface area contributed by atoms with Crippen LogP contribution in [-0.2, 0) is 5.41 Å². The summed E-state index contributed by atoms with van der Waals surface area (Å²) in [5.74, 6) is 0.744. The van der Waals surface area contributed by atoms with Gasteiger partial charge in [-0.1, -0.05) is 18.2 Å². The third-order valence-corrected chi connectivity index (χ3v) is 9.09. The molecule has 6 heteroatoms. The minimum atomic E-state index is -0.729. The standard InChI is InChI=1S/C29H23NO3S2/c1-28(2)23-6-4-5-7-24(23)30(3)29(28)11-8-18-14-19(20-9-12-34-25(20)16-31)15-22(27(18)33-29)21-10-13-35-26(21)17-32/h4-17H,1-3H3. The van der Waals surface area contributed by atoms with Crippen LogP contribution >= 0.6 is 22.7 Å². The largest absolute Gasteiger partial charge is 0.462 e. The van der Waals surface area contributed by atoms with Gasteiger partial charge >= 0.3 is 0 Å². The van der Waals surface area contributed by atoms with Crippen molar-refractivity contribution >= 4 is 47.0 Å². The summed E-state index contributed by atoms with van der Waals surface area (Å²) in [7, 11) is 2.07. The number of aldehydes is 2. The number of thiophene rings is 2. The van der Waals surface area contributed by atoms with Crippen molar-refractivity contribution in [2.75, 3.05) is 11.9 Å². The Morgan fingerprint density at radius 2 is 1.57 bits per heavy atom. The van der Waals surface area contributed by atoms with E-state index in [4.69, 9.17) is 4.74 Å². The molecule has 1 unspecified atom stereocenters. The van der Waals surface area contributed by atoms with Gasteiger partial charge in [-0.2, -0.15) is 0 Å². The number of benzene rings is 2. The van der Waals surface area contributed by atoms with Crippen molar-refractivity contribution < 1.29 is 14.3 Å². The molecular weight excluding hydrogens is 474 g/mol. The molecule has 1 spiro atoms. The van der Waals surface area contributed by atoms with Crippen LogP contribution in [0.5, 0.6) is 5.75 Å². The van der Waals surface area contributed by atoms with Gasteiger partial charge in [0.15, 0.2) is 12.6 Å². The molecule has 35 heavy (non-hydrogen) atoms. The zero-order chi connectivity index (χ0) is 24.4.